The van der Waals surface area contributed by atoms with Gasteiger partial charge in [0.1, 0.15) is 0 Å². The molecule has 0 atom stereocenters. The summed E-state index contributed by atoms with van der Waals surface area (Å²) < 4.78 is 3.92. The monoisotopic (exact) mass is 365 g/mol. The summed E-state index contributed by atoms with van der Waals surface area (Å²) >= 11 is 0. The molecular formula is C20H27N7. The van der Waals surface area contributed by atoms with E-state index in [-0.39, 0.29) is 0 Å². The maximum atomic E-state index is 4.59. The summed E-state index contributed by atoms with van der Waals surface area (Å²) in [4.78, 5) is 4.27. The van der Waals surface area contributed by atoms with Crippen LogP contribution in [0.4, 0.5) is 0 Å². The molecule has 27 heavy (non-hydrogen) atoms. The number of para-hydroxylation sites is 1. The number of aliphatic imine (C=N–C) groups is 1. The molecule has 0 saturated carbocycles. The van der Waals surface area contributed by atoms with Gasteiger partial charge in [0.05, 0.1) is 23.6 Å². The van der Waals surface area contributed by atoms with Crippen LogP contribution in [0, 0.1) is 13.8 Å². The zero-order valence-corrected chi connectivity index (χ0v) is 16.2. The molecule has 0 radical (unpaired) electrons. The van der Waals surface area contributed by atoms with E-state index in [0.717, 1.165) is 42.5 Å². The van der Waals surface area contributed by atoms with Crippen molar-refractivity contribution in [3.8, 4) is 5.69 Å². The first-order valence-electron chi connectivity index (χ1n) is 9.21. The van der Waals surface area contributed by atoms with Crippen molar-refractivity contribution in [1.29, 1.82) is 0 Å². The van der Waals surface area contributed by atoms with Crippen molar-refractivity contribution >= 4 is 5.96 Å². The lowest BCUT2D eigenvalue weighted by molar-refractivity contribution is 0.555. The Morgan fingerprint density at radius 2 is 1.89 bits per heavy atom. The maximum absolute atomic E-state index is 4.59. The van der Waals surface area contributed by atoms with Crippen LogP contribution in [0.15, 0.2) is 53.7 Å². The fourth-order valence-electron chi connectivity index (χ4n) is 2.91. The summed E-state index contributed by atoms with van der Waals surface area (Å²) in [7, 11) is 1.78. The van der Waals surface area contributed by atoms with E-state index in [9.17, 15) is 0 Å². The summed E-state index contributed by atoms with van der Waals surface area (Å²) in [6, 6.07) is 14.2. The Balaban J connectivity index is 1.43. The Morgan fingerprint density at radius 3 is 2.59 bits per heavy atom. The van der Waals surface area contributed by atoms with Crippen molar-refractivity contribution in [3.05, 3.63) is 65.7 Å². The Bertz CT molecular complexity index is 877. The Morgan fingerprint density at radius 1 is 1.07 bits per heavy atom. The molecule has 7 heteroatoms. The highest BCUT2D eigenvalue weighted by molar-refractivity contribution is 5.79. The molecule has 7 nitrogen and oxygen atoms in total. The molecule has 3 aromatic rings. The standard InChI is InChI=1S/C20H27N7/c1-16-14-17(2)26(24-16)12-7-11-22-20(21-3)23-15-18-10-13-27(25-18)19-8-5-4-6-9-19/h4-6,8-10,13-14H,7,11-12,15H2,1-3H3,(H2,21,22,23). The smallest absolute Gasteiger partial charge is 0.191 e. The lowest BCUT2D eigenvalue weighted by Crippen LogP contribution is -2.37. The second-order valence-corrected chi connectivity index (χ2v) is 6.44. The normalized spacial score (nSPS) is 11.6. The predicted molar refractivity (Wildman–Crippen MR) is 108 cm³/mol. The molecule has 2 heterocycles. The van der Waals surface area contributed by atoms with E-state index < -0.39 is 0 Å². The van der Waals surface area contributed by atoms with Crippen LogP contribution >= 0.6 is 0 Å². The van der Waals surface area contributed by atoms with Gasteiger partial charge >= 0.3 is 0 Å². The Labute approximate surface area is 160 Å². The van der Waals surface area contributed by atoms with E-state index in [1.807, 2.05) is 58.9 Å². The number of nitrogens with zero attached hydrogens (tertiary/aromatic N) is 5. The molecule has 142 valence electrons. The largest absolute Gasteiger partial charge is 0.356 e. The minimum atomic E-state index is 0.622. The van der Waals surface area contributed by atoms with Crippen molar-refractivity contribution < 1.29 is 0 Å². The van der Waals surface area contributed by atoms with E-state index in [1.54, 1.807) is 7.05 Å². The average molecular weight is 365 g/mol. The summed E-state index contributed by atoms with van der Waals surface area (Å²) in [5.74, 6) is 0.776. The zero-order valence-electron chi connectivity index (χ0n) is 16.2. The molecule has 3 rings (SSSR count). The number of rotatable bonds is 7. The third-order valence-corrected chi connectivity index (χ3v) is 4.27. The lowest BCUT2D eigenvalue weighted by Gasteiger charge is -2.11. The molecule has 0 fully saturated rings. The average Bonchev–Trinajstić information content (AvgIpc) is 3.28. The molecule has 1 aromatic carbocycles. The first-order valence-corrected chi connectivity index (χ1v) is 9.21. The van der Waals surface area contributed by atoms with Gasteiger partial charge in [-0.15, -0.1) is 0 Å². The molecule has 0 saturated heterocycles. The Hall–Kier alpha value is -3.09. The third kappa shape index (κ3) is 5.20. The van der Waals surface area contributed by atoms with Crippen LogP contribution < -0.4 is 10.6 Å². The molecule has 0 aliphatic heterocycles. The third-order valence-electron chi connectivity index (χ3n) is 4.27. The van der Waals surface area contributed by atoms with Gasteiger partial charge in [-0.1, -0.05) is 18.2 Å². The van der Waals surface area contributed by atoms with Gasteiger partial charge in [0, 0.05) is 32.0 Å². The van der Waals surface area contributed by atoms with E-state index in [1.165, 1.54) is 5.69 Å². The van der Waals surface area contributed by atoms with Crippen LogP contribution in [-0.4, -0.2) is 39.1 Å². The number of hydrogen-bond donors (Lipinski definition) is 2. The second kappa shape index (κ2) is 9.02. The highest BCUT2D eigenvalue weighted by atomic mass is 15.3. The molecule has 0 spiro atoms. The fourth-order valence-corrected chi connectivity index (χ4v) is 2.91. The molecule has 0 unspecified atom stereocenters. The quantitative estimate of drug-likeness (QED) is 0.383. The van der Waals surface area contributed by atoms with Crippen LogP contribution in [0.5, 0.6) is 0 Å². The summed E-state index contributed by atoms with van der Waals surface area (Å²) in [6.07, 6.45) is 2.95. The van der Waals surface area contributed by atoms with Gasteiger partial charge in [-0.2, -0.15) is 10.2 Å². The van der Waals surface area contributed by atoms with E-state index >= 15 is 0 Å². The number of aromatic nitrogens is 4. The highest BCUT2D eigenvalue weighted by Gasteiger charge is 2.04. The predicted octanol–water partition coefficient (Wildman–Crippen LogP) is 2.44. The van der Waals surface area contributed by atoms with Crippen LogP contribution in [0.25, 0.3) is 5.69 Å². The lowest BCUT2D eigenvalue weighted by atomic mass is 10.3. The van der Waals surface area contributed by atoms with E-state index in [2.05, 4.69) is 38.8 Å². The molecule has 0 amide bonds. The first kappa shape index (κ1) is 18.7. The molecular weight excluding hydrogens is 338 g/mol. The number of hydrogen-bond acceptors (Lipinski definition) is 3. The van der Waals surface area contributed by atoms with Crippen LogP contribution in [0.1, 0.15) is 23.5 Å². The van der Waals surface area contributed by atoms with E-state index in [0.29, 0.717) is 6.54 Å². The molecule has 0 aliphatic carbocycles. The maximum Gasteiger partial charge on any atom is 0.191 e. The van der Waals surface area contributed by atoms with Crippen molar-refractivity contribution in [2.45, 2.75) is 33.4 Å². The number of nitrogens with one attached hydrogen (secondary N) is 2. The summed E-state index contributed by atoms with van der Waals surface area (Å²) in [6.45, 7) is 6.45. The van der Waals surface area contributed by atoms with E-state index in [4.69, 9.17) is 0 Å². The first-order chi connectivity index (χ1) is 13.2. The van der Waals surface area contributed by atoms with Gasteiger partial charge in [0.2, 0.25) is 0 Å². The minimum absolute atomic E-state index is 0.622. The number of guanidine groups is 1. The van der Waals surface area contributed by atoms with Gasteiger partial charge in [-0.05, 0) is 44.5 Å². The SMILES string of the molecule is CN=C(NCCCn1nc(C)cc1C)NCc1ccn(-c2ccccc2)n1. The molecule has 2 N–H and O–H groups in total. The van der Waals surface area contributed by atoms with Crippen molar-refractivity contribution in [2.24, 2.45) is 4.99 Å². The van der Waals surface area contributed by atoms with Crippen molar-refractivity contribution in [2.75, 3.05) is 13.6 Å². The topological polar surface area (TPSA) is 72.1 Å². The Kier molecular flexibility index (Phi) is 6.25. The van der Waals surface area contributed by atoms with Gasteiger partial charge in [0.25, 0.3) is 0 Å². The number of aryl methyl sites for hydroxylation is 3. The van der Waals surface area contributed by atoms with Crippen LogP contribution in [-0.2, 0) is 13.1 Å². The van der Waals surface area contributed by atoms with Crippen LogP contribution in [0.2, 0.25) is 0 Å². The molecule has 0 bridgehead atoms. The van der Waals surface area contributed by atoms with Gasteiger partial charge in [-0.25, -0.2) is 4.68 Å². The number of benzene rings is 1. The fraction of sp³-hybridized carbons (Fsp3) is 0.350. The van der Waals surface area contributed by atoms with Crippen molar-refractivity contribution in [3.63, 3.8) is 0 Å². The van der Waals surface area contributed by atoms with Crippen molar-refractivity contribution in [1.82, 2.24) is 30.2 Å². The van der Waals surface area contributed by atoms with Gasteiger partial charge in [-0.3, -0.25) is 9.67 Å². The molecule has 0 aliphatic rings. The summed E-state index contributed by atoms with van der Waals surface area (Å²) in [5.41, 5.74) is 4.27. The minimum Gasteiger partial charge on any atom is -0.356 e. The van der Waals surface area contributed by atoms with Gasteiger partial charge < -0.3 is 10.6 Å². The highest BCUT2D eigenvalue weighted by Crippen LogP contribution is 2.06. The summed E-state index contributed by atoms with van der Waals surface area (Å²) in [5, 5.41) is 15.7. The second-order valence-electron chi connectivity index (χ2n) is 6.44. The molecule has 2 aromatic heterocycles. The van der Waals surface area contributed by atoms with Gasteiger partial charge in [0.15, 0.2) is 5.96 Å². The van der Waals surface area contributed by atoms with Crippen LogP contribution in [0.3, 0.4) is 0 Å². The zero-order chi connectivity index (χ0) is 19.1.